The van der Waals surface area contributed by atoms with Crippen molar-refractivity contribution in [2.45, 2.75) is 76.2 Å². The van der Waals surface area contributed by atoms with E-state index in [1.807, 2.05) is 25.1 Å². The number of primary amides is 1. The zero-order chi connectivity index (χ0) is 27.3. The van der Waals surface area contributed by atoms with Crippen molar-refractivity contribution in [1.29, 1.82) is 0 Å². The monoisotopic (exact) mass is 518 g/mol. The molecule has 1 amide bonds. The average molecular weight is 519 g/mol. The van der Waals surface area contributed by atoms with Crippen LogP contribution in [0.1, 0.15) is 79.3 Å². The Morgan fingerprint density at radius 3 is 2.43 bits per heavy atom. The molecule has 1 saturated carbocycles. The van der Waals surface area contributed by atoms with E-state index >= 15 is 0 Å². The second kappa shape index (κ2) is 12.4. The topological polar surface area (TPSA) is 161 Å². The summed E-state index contributed by atoms with van der Waals surface area (Å²) in [6.45, 7) is -0.658. The molecular weight excluding hydrogens is 476 g/mol. The first-order chi connectivity index (χ1) is 17.5. The van der Waals surface area contributed by atoms with Gasteiger partial charge in [-0.05, 0) is 74.0 Å². The summed E-state index contributed by atoms with van der Waals surface area (Å²) in [6, 6.07) is 1.90. The Balaban J connectivity index is 1.86. The van der Waals surface area contributed by atoms with Crippen LogP contribution in [-0.2, 0) is 22.4 Å². The number of carbonyl (C=O) groups is 3. The van der Waals surface area contributed by atoms with Crippen molar-refractivity contribution in [3.63, 3.8) is 0 Å². The maximum absolute atomic E-state index is 13.4. The number of amides is 1. The molecule has 0 radical (unpaired) electrons. The number of phenolic OH excluding ortho intramolecular Hbond substituents is 1. The summed E-state index contributed by atoms with van der Waals surface area (Å²) in [5.74, 6) is -2.84. The van der Waals surface area contributed by atoms with Gasteiger partial charge in [-0.15, -0.1) is 0 Å². The highest BCUT2D eigenvalue weighted by molar-refractivity contribution is 6.03. The molecule has 2 aliphatic rings. The minimum Gasteiger partial charge on any atom is -0.507 e. The van der Waals surface area contributed by atoms with E-state index in [0.29, 0.717) is 36.8 Å². The maximum atomic E-state index is 13.4. The van der Waals surface area contributed by atoms with E-state index in [0.717, 1.165) is 36.9 Å². The molecule has 3 rings (SSSR count). The maximum Gasteiger partial charge on any atom is 0.224 e. The number of nitrogens with zero attached hydrogens (tertiary/aromatic N) is 1. The van der Waals surface area contributed by atoms with Gasteiger partial charge in [-0.25, -0.2) is 0 Å². The summed E-state index contributed by atoms with van der Waals surface area (Å²) in [5.41, 5.74) is 7.03. The molecule has 2 unspecified atom stereocenters. The molecule has 1 fully saturated rings. The largest absolute Gasteiger partial charge is 0.507 e. The van der Waals surface area contributed by atoms with Crippen LogP contribution < -0.4 is 10.6 Å². The van der Waals surface area contributed by atoms with Gasteiger partial charge < -0.3 is 31.1 Å². The predicted molar refractivity (Wildman–Crippen MR) is 140 cm³/mol. The van der Waals surface area contributed by atoms with Gasteiger partial charge in [0.15, 0.2) is 5.78 Å². The Kier molecular flexibility index (Phi) is 9.72. The standard InChI is InChI=1S/C28H42N2O7/c1-30(2)22-14-19(5-9-28(37)7-3-4-8-28)27(36)26-20(22)12-17(13-24(26)34)11-18(6-10-31)21(16-32)23(33)15-25(29)35/h14,17-18,21,31-32,36-37H,3-13,15-16H2,1-2H3,(H2,29,35)/t17-,18?,21?/m1/s1. The third-order valence-electron chi connectivity index (χ3n) is 8.25. The van der Waals surface area contributed by atoms with E-state index in [-0.39, 0.29) is 36.9 Å². The van der Waals surface area contributed by atoms with Crippen molar-refractivity contribution < 1.29 is 34.8 Å². The smallest absolute Gasteiger partial charge is 0.224 e. The molecule has 0 heterocycles. The molecule has 0 aromatic heterocycles. The first-order valence-electron chi connectivity index (χ1n) is 13.3. The predicted octanol–water partition coefficient (Wildman–Crippen LogP) is 1.88. The van der Waals surface area contributed by atoms with E-state index in [9.17, 15) is 34.8 Å². The second-order valence-electron chi connectivity index (χ2n) is 11.2. The van der Waals surface area contributed by atoms with E-state index in [4.69, 9.17) is 5.73 Å². The van der Waals surface area contributed by atoms with Crippen molar-refractivity contribution in [3.8, 4) is 5.75 Å². The molecule has 1 aromatic carbocycles. The third-order valence-corrected chi connectivity index (χ3v) is 8.25. The molecule has 9 nitrogen and oxygen atoms in total. The number of benzene rings is 1. The quantitative estimate of drug-likeness (QED) is 0.247. The second-order valence-corrected chi connectivity index (χ2v) is 11.2. The van der Waals surface area contributed by atoms with Crippen molar-refractivity contribution in [2.24, 2.45) is 23.5 Å². The van der Waals surface area contributed by atoms with Crippen LogP contribution in [0.3, 0.4) is 0 Å². The zero-order valence-corrected chi connectivity index (χ0v) is 22.0. The van der Waals surface area contributed by atoms with Crippen molar-refractivity contribution >= 4 is 23.2 Å². The number of ketones is 2. The summed E-state index contributed by atoms with van der Waals surface area (Å²) in [7, 11) is 3.77. The van der Waals surface area contributed by atoms with Crippen molar-refractivity contribution in [3.05, 3.63) is 22.8 Å². The third kappa shape index (κ3) is 6.89. The fraction of sp³-hybridized carbons (Fsp3) is 0.679. The SMILES string of the molecule is CN(C)c1cc(CCC2(O)CCCC2)c(O)c2c1C[C@@H](CC(CCO)C(CO)C(=O)CC(N)=O)CC2=O. The van der Waals surface area contributed by atoms with Crippen LogP contribution in [0.15, 0.2) is 6.07 Å². The van der Waals surface area contributed by atoms with Crippen LogP contribution in [0, 0.1) is 17.8 Å². The lowest BCUT2D eigenvalue weighted by atomic mass is 9.73. The normalized spacial score (nSPS) is 20.4. The van der Waals surface area contributed by atoms with Gasteiger partial charge >= 0.3 is 0 Å². The minimum atomic E-state index is -0.846. The molecule has 37 heavy (non-hydrogen) atoms. The Morgan fingerprint density at radius 1 is 1.19 bits per heavy atom. The highest BCUT2D eigenvalue weighted by atomic mass is 16.3. The molecule has 0 spiro atoms. The van der Waals surface area contributed by atoms with Crippen LogP contribution in [-0.4, -0.2) is 70.8 Å². The van der Waals surface area contributed by atoms with Gasteiger partial charge in [-0.3, -0.25) is 14.4 Å². The summed E-state index contributed by atoms with van der Waals surface area (Å²) in [4.78, 5) is 39.1. The van der Waals surface area contributed by atoms with Crippen molar-refractivity contribution in [2.75, 3.05) is 32.2 Å². The molecule has 206 valence electrons. The first kappa shape index (κ1) is 29.1. The van der Waals surface area contributed by atoms with Gasteiger partial charge in [0.1, 0.15) is 11.5 Å². The van der Waals surface area contributed by atoms with Gasteiger partial charge in [-0.2, -0.15) is 0 Å². The number of hydrogen-bond acceptors (Lipinski definition) is 8. The molecule has 6 N–H and O–H groups in total. The highest BCUT2D eigenvalue weighted by Crippen LogP contribution is 2.43. The number of fused-ring (bicyclic) bond motifs is 1. The number of nitrogens with two attached hydrogens (primary N) is 1. The molecule has 3 atom stereocenters. The molecular formula is C28H42N2O7. The lowest BCUT2D eigenvalue weighted by Gasteiger charge is -2.33. The van der Waals surface area contributed by atoms with Crippen LogP contribution in [0.5, 0.6) is 5.75 Å². The number of aryl methyl sites for hydroxylation is 1. The van der Waals surface area contributed by atoms with E-state index in [1.165, 1.54) is 0 Å². The van der Waals surface area contributed by atoms with E-state index in [2.05, 4.69) is 0 Å². The van der Waals surface area contributed by atoms with Gasteiger partial charge in [0.05, 0.1) is 24.2 Å². The molecule has 1 aromatic rings. The fourth-order valence-electron chi connectivity index (χ4n) is 6.28. The van der Waals surface area contributed by atoms with Crippen LogP contribution in [0.4, 0.5) is 5.69 Å². The number of aromatic hydroxyl groups is 1. The molecule has 9 heteroatoms. The number of anilines is 1. The summed E-state index contributed by atoms with van der Waals surface area (Å²) >= 11 is 0. The van der Waals surface area contributed by atoms with Crippen LogP contribution >= 0.6 is 0 Å². The molecule has 0 bridgehead atoms. The van der Waals surface area contributed by atoms with Crippen LogP contribution in [0.25, 0.3) is 0 Å². The number of hydrogen-bond donors (Lipinski definition) is 5. The fourth-order valence-corrected chi connectivity index (χ4v) is 6.28. The van der Waals surface area contributed by atoms with E-state index in [1.54, 1.807) is 0 Å². The number of carbonyl (C=O) groups excluding carboxylic acids is 3. The van der Waals surface area contributed by atoms with E-state index < -0.39 is 42.2 Å². The number of phenols is 1. The number of rotatable bonds is 13. The average Bonchev–Trinajstić information content (AvgIpc) is 3.24. The number of aliphatic hydroxyl groups excluding tert-OH is 2. The summed E-state index contributed by atoms with van der Waals surface area (Å²) < 4.78 is 0. The van der Waals surface area contributed by atoms with Crippen LogP contribution in [0.2, 0.25) is 0 Å². The Labute approximate surface area is 218 Å². The zero-order valence-electron chi connectivity index (χ0n) is 22.0. The van der Waals surface area contributed by atoms with Crippen molar-refractivity contribution in [1.82, 2.24) is 0 Å². The number of Topliss-reactive ketones (excluding diaryl/α,β-unsaturated/α-hetero) is 2. The minimum absolute atomic E-state index is 0.0116. The van der Waals surface area contributed by atoms with Gasteiger partial charge in [0.25, 0.3) is 0 Å². The lowest BCUT2D eigenvalue weighted by molar-refractivity contribution is -0.131. The molecule has 0 saturated heterocycles. The van der Waals surface area contributed by atoms with Gasteiger partial charge in [-0.1, -0.05) is 12.8 Å². The lowest BCUT2D eigenvalue weighted by Crippen LogP contribution is -2.34. The highest BCUT2D eigenvalue weighted by Gasteiger charge is 2.37. The molecule has 2 aliphatic carbocycles. The Hall–Kier alpha value is -2.49. The summed E-state index contributed by atoms with van der Waals surface area (Å²) in [6.07, 6.45) is 5.37. The Morgan fingerprint density at radius 2 is 1.86 bits per heavy atom. The Bertz CT molecular complexity index is 1000. The van der Waals surface area contributed by atoms with Gasteiger partial charge in [0, 0.05) is 38.7 Å². The van der Waals surface area contributed by atoms with Gasteiger partial charge in [0.2, 0.25) is 5.91 Å². The number of aliphatic hydroxyl groups is 3. The molecule has 0 aliphatic heterocycles. The summed E-state index contributed by atoms with van der Waals surface area (Å²) in [5, 5.41) is 41.4. The first-order valence-corrected chi connectivity index (χ1v) is 13.3.